The Kier molecular flexibility index (Phi) is 4.25. The van der Waals surface area contributed by atoms with Gasteiger partial charge in [-0.15, -0.1) is 0 Å². The number of alkyl halides is 1. The van der Waals surface area contributed by atoms with Gasteiger partial charge in [-0.2, -0.15) is 0 Å². The number of halogens is 1. The zero-order chi connectivity index (χ0) is 13.1. The Labute approximate surface area is 123 Å². The van der Waals surface area contributed by atoms with Crippen LogP contribution in [-0.4, -0.2) is 18.0 Å². The van der Waals surface area contributed by atoms with E-state index >= 15 is 0 Å². The molecule has 2 nitrogen and oxygen atoms in total. The third-order valence-electron chi connectivity index (χ3n) is 4.32. The van der Waals surface area contributed by atoms with E-state index < -0.39 is 5.79 Å². The van der Waals surface area contributed by atoms with Crippen LogP contribution < -0.4 is 0 Å². The summed E-state index contributed by atoms with van der Waals surface area (Å²) in [5.74, 6) is -0.00664. The second kappa shape index (κ2) is 5.94. The molecule has 0 aromatic heterocycles. The lowest BCUT2D eigenvalue weighted by molar-refractivity contribution is -0.219. The van der Waals surface area contributed by atoms with Crippen LogP contribution in [0.5, 0.6) is 0 Å². The van der Waals surface area contributed by atoms with Crippen LogP contribution in [0.25, 0.3) is 0 Å². The van der Waals surface area contributed by atoms with Gasteiger partial charge in [-0.25, -0.2) is 0 Å². The van der Waals surface area contributed by atoms with Crippen molar-refractivity contribution in [3.05, 3.63) is 35.9 Å². The number of ether oxygens (including phenoxy) is 2. The third-order valence-corrected chi connectivity index (χ3v) is 5.04. The summed E-state index contributed by atoms with van der Waals surface area (Å²) in [5, 5.41) is 0.842. The molecule has 3 rings (SSSR count). The summed E-state index contributed by atoms with van der Waals surface area (Å²) in [6.45, 7) is 0.691. The van der Waals surface area contributed by atoms with E-state index in [0.29, 0.717) is 12.5 Å². The maximum atomic E-state index is 6.35. The number of rotatable bonds is 3. The monoisotopic (exact) mass is 324 g/mol. The number of hydrogen-bond acceptors (Lipinski definition) is 2. The molecule has 1 saturated heterocycles. The standard InChI is InChI=1S/C16H21BrO2/c17-11-15-12-18-16(19-15,13-7-3-1-4-8-13)14-9-5-2-6-10-14/h1,3-4,7-8,14-15H,2,5-6,9-12H2. The van der Waals surface area contributed by atoms with Crippen molar-refractivity contribution in [3.63, 3.8) is 0 Å². The van der Waals surface area contributed by atoms with Gasteiger partial charge >= 0.3 is 0 Å². The number of benzene rings is 1. The molecule has 1 aromatic carbocycles. The van der Waals surface area contributed by atoms with Gasteiger partial charge in [-0.3, -0.25) is 0 Å². The van der Waals surface area contributed by atoms with Gasteiger partial charge in [0.2, 0.25) is 0 Å². The van der Waals surface area contributed by atoms with E-state index in [9.17, 15) is 0 Å². The van der Waals surface area contributed by atoms with Crippen LogP contribution in [-0.2, 0) is 15.3 Å². The molecule has 0 spiro atoms. The first kappa shape index (κ1) is 13.6. The molecule has 19 heavy (non-hydrogen) atoms. The summed E-state index contributed by atoms with van der Waals surface area (Å²) in [4.78, 5) is 0. The smallest absolute Gasteiger partial charge is 0.198 e. The van der Waals surface area contributed by atoms with Gasteiger partial charge in [-0.05, 0) is 12.8 Å². The van der Waals surface area contributed by atoms with Crippen molar-refractivity contribution in [2.75, 3.05) is 11.9 Å². The minimum absolute atomic E-state index is 0.169. The maximum absolute atomic E-state index is 6.35. The van der Waals surface area contributed by atoms with E-state index in [0.717, 1.165) is 5.33 Å². The van der Waals surface area contributed by atoms with Crippen molar-refractivity contribution in [1.29, 1.82) is 0 Å². The normalized spacial score (nSPS) is 32.6. The lowest BCUT2D eigenvalue weighted by Crippen LogP contribution is -2.38. The molecule has 1 aromatic rings. The Morgan fingerprint density at radius 1 is 1.11 bits per heavy atom. The van der Waals surface area contributed by atoms with Crippen molar-refractivity contribution >= 4 is 15.9 Å². The largest absolute Gasteiger partial charge is 0.343 e. The van der Waals surface area contributed by atoms with E-state index in [4.69, 9.17) is 9.47 Å². The maximum Gasteiger partial charge on any atom is 0.198 e. The molecule has 1 aliphatic heterocycles. The molecule has 0 radical (unpaired) electrons. The molecule has 1 heterocycles. The molecule has 0 N–H and O–H groups in total. The van der Waals surface area contributed by atoms with Crippen molar-refractivity contribution in [2.24, 2.45) is 5.92 Å². The van der Waals surface area contributed by atoms with E-state index in [1.54, 1.807) is 0 Å². The Morgan fingerprint density at radius 2 is 1.84 bits per heavy atom. The molecular formula is C16H21BrO2. The highest BCUT2D eigenvalue weighted by Crippen LogP contribution is 2.46. The van der Waals surface area contributed by atoms with Crippen LogP contribution in [0.1, 0.15) is 37.7 Å². The molecule has 2 aliphatic rings. The summed E-state index contributed by atoms with van der Waals surface area (Å²) in [7, 11) is 0. The van der Waals surface area contributed by atoms with Gasteiger partial charge in [0.1, 0.15) is 0 Å². The number of hydrogen-bond donors (Lipinski definition) is 0. The van der Waals surface area contributed by atoms with Crippen molar-refractivity contribution in [2.45, 2.75) is 44.0 Å². The quantitative estimate of drug-likeness (QED) is 0.774. The molecule has 3 heteroatoms. The van der Waals surface area contributed by atoms with E-state index in [1.807, 2.05) is 0 Å². The molecule has 0 bridgehead atoms. The molecule has 104 valence electrons. The van der Waals surface area contributed by atoms with E-state index in [-0.39, 0.29) is 6.10 Å². The topological polar surface area (TPSA) is 18.5 Å². The van der Waals surface area contributed by atoms with Crippen LogP contribution in [0.15, 0.2) is 30.3 Å². The summed E-state index contributed by atoms with van der Waals surface area (Å²) in [6, 6.07) is 10.5. The van der Waals surface area contributed by atoms with Gasteiger partial charge in [-0.1, -0.05) is 65.5 Å². The molecule has 2 atom stereocenters. The first-order chi connectivity index (χ1) is 9.35. The van der Waals surface area contributed by atoms with Gasteiger partial charge < -0.3 is 9.47 Å². The van der Waals surface area contributed by atoms with Crippen molar-refractivity contribution < 1.29 is 9.47 Å². The Morgan fingerprint density at radius 3 is 2.47 bits per heavy atom. The zero-order valence-electron chi connectivity index (χ0n) is 11.2. The molecule has 2 unspecified atom stereocenters. The highest BCUT2D eigenvalue weighted by molar-refractivity contribution is 9.09. The fraction of sp³-hybridized carbons (Fsp3) is 0.625. The highest BCUT2D eigenvalue weighted by atomic mass is 79.9. The molecule has 2 fully saturated rings. The second-order valence-corrected chi connectivity index (χ2v) is 6.22. The summed E-state index contributed by atoms with van der Waals surface area (Å²) >= 11 is 3.52. The SMILES string of the molecule is BrCC1COC(c2ccccc2)(C2CCCCC2)O1. The van der Waals surface area contributed by atoms with Gasteiger partial charge in [0.15, 0.2) is 5.79 Å². The van der Waals surface area contributed by atoms with Crippen LogP contribution in [0.4, 0.5) is 0 Å². The van der Waals surface area contributed by atoms with Crippen LogP contribution in [0.2, 0.25) is 0 Å². The fourth-order valence-electron chi connectivity index (χ4n) is 3.36. The molecule has 1 saturated carbocycles. The van der Waals surface area contributed by atoms with E-state index in [1.165, 1.54) is 37.7 Å². The zero-order valence-corrected chi connectivity index (χ0v) is 12.8. The second-order valence-electron chi connectivity index (χ2n) is 5.57. The van der Waals surface area contributed by atoms with Crippen molar-refractivity contribution in [1.82, 2.24) is 0 Å². The van der Waals surface area contributed by atoms with Gasteiger partial charge in [0.25, 0.3) is 0 Å². The van der Waals surface area contributed by atoms with Gasteiger partial charge in [0.05, 0.1) is 12.7 Å². The van der Waals surface area contributed by atoms with E-state index in [2.05, 4.69) is 46.3 Å². The van der Waals surface area contributed by atoms with Crippen molar-refractivity contribution in [3.8, 4) is 0 Å². The summed E-state index contributed by atoms with van der Waals surface area (Å²) in [6.07, 6.45) is 6.54. The molecule has 1 aliphatic carbocycles. The predicted octanol–water partition coefficient (Wildman–Crippen LogP) is 4.23. The minimum Gasteiger partial charge on any atom is -0.343 e. The Hall–Kier alpha value is -0.380. The van der Waals surface area contributed by atoms with Crippen LogP contribution in [0.3, 0.4) is 0 Å². The predicted molar refractivity (Wildman–Crippen MR) is 79.3 cm³/mol. The average Bonchev–Trinajstić information content (AvgIpc) is 2.95. The lowest BCUT2D eigenvalue weighted by Gasteiger charge is -2.38. The summed E-state index contributed by atoms with van der Waals surface area (Å²) < 4.78 is 12.6. The Balaban J connectivity index is 1.91. The highest BCUT2D eigenvalue weighted by Gasteiger charge is 2.48. The summed E-state index contributed by atoms with van der Waals surface area (Å²) in [5.41, 5.74) is 1.19. The Bertz CT molecular complexity index is 402. The molecular weight excluding hydrogens is 304 g/mol. The van der Waals surface area contributed by atoms with Gasteiger partial charge in [0, 0.05) is 16.8 Å². The first-order valence-electron chi connectivity index (χ1n) is 7.28. The third kappa shape index (κ3) is 2.61. The van der Waals surface area contributed by atoms with Crippen LogP contribution in [0, 0.1) is 5.92 Å². The fourth-order valence-corrected chi connectivity index (χ4v) is 3.68. The average molecular weight is 325 g/mol. The molecule has 0 amide bonds. The van der Waals surface area contributed by atoms with Crippen LogP contribution >= 0.6 is 15.9 Å². The lowest BCUT2D eigenvalue weighted by atomic mass is 9.80. The minimum atomic E-state index is -0.500. The first-order valence-corrected chi connectivity index (χ1v) is 8.40.